The van der Waals surface area contributed by atoms with E-state index in [1.165, 1.54) is 26.0 Å². The van der Waals surface area contributed by atoms with Crippen LogP contribution in [0.5, 0.6) is 46.0 Å². The van der Waals surface area contributed by atoms with Crippen LogP contribution in [-0.4, -0.2) is 73.7 Å². The molecule has 0 atom stereocenters. The molecule has 16 nitrogen and oxygen atoms in total. The molecule has 1 heterocycles. The fourth-order valence-electron chi connectivity index (χ4n) is 5.10. The Morgan fingerprint density at radius 2 is 1.51 bits per heavy atom. The van der Waals surface area contributed by atoms with E-state index in [9.17, 15) is 54.3 Å². The molecule has 0 aromatic heterocycles. The highest BCUT2D eigenvalue weighted by atomic mass is 16.6. The number of phenols is 4. The van der Waals surface area contributed by atoms with Gasteiger partial charge in [-0.05, 0) is 55.3 Å². The average molecular weight is 731 g/mol. The zero-order valence-corrected chi connectivity index (χ0v) is 28.0. The van der Waals surface area contributed by atoms with E-state index in [1.807, 2.05) is 0 Å². The Labute approximate surface area is 299 Å². The van der Waals surface area contributed by atoms with Crippen LogP contribution in [0.4, 0.5) is 0 Å². The number of carbonyl (C=O) groups excluding carboxylic acids is 4. The summed E-state index contributed by atoms with van der Waals surface area (Å²) < 4.78 is 21.0. The second kappa shape index (κ2) is 16.1. The Hall–Kier alpha value is -7.36. The quantitative estimate of drug-likeness (QED) is 0.0422. The highest BCUT2D eigenvalue weighted by molar-refractivity contribution is 6.03. The van der Waals surface area contributed by atoms with Crippen LogP contribution in [0.3, 0.4) is 0 Å². The highest BCUT2D eigenvalue weighted by Gasteiger charge is 2.36. The van der Waals surface area contributed by atoms with Crippen LogP contribution >= 0.6 is 0 Å². The van der Waals surface area contributed by atoms with Gasteiger partial charge in [0.2, 0.25) is 0 Å². The number of aromatic hydroxyl groups is 4. The second-order valence-corrected chi connectivity index (χ2v) is 11.2. The molecule has 1 aliphatic rings. The Bertz CT molecular complexity index is 2180. The molecule has 4 aromatic carbocycles. The van der Waals surface area contributed by atoms with Gasteiger partial charge >= 0.3 is 23.9 Å². The van der Waals surface area contributed by atoms with Crippen molar-refractivity contribution in [3.8, 4) is 46.0 Å². The number of phenolic OH excluding ortho intramolecular Hbond substituents is 3. The molecule has 53 heavy (non-hydrogen) atoms. The summed E-state index contributed by atoms with van der Waals surface area (Å²) in [4.78, 5) is 70.7. The molecule has 0 aliphatic carbocycles. The van der Waals surface area contributed by atoms with Crippen molar-refractivity contribution in [1.82, 2.24) is 0 Å². The number of benzene rings is 4. The molecule has 16 heteroatoms. The third kappa shape index (κ3) is 8.51. The molecule has 0 unspecified atom stereocenters. The van der Waals surface area contributed by atoms with Crippen molar-refractivity contribution in [3.63, 3.8) is 0 Å². The number of esters is 2. The van der Waals surface area contributed by atoms with Gasteiger partial charge in [-0.15, -0.1) is 0 Å². The fourth-order valence-corrected chi connectivity index (χ4v) is 5.10. The summed E-state index contributed by atoms with van der Waals surface area (Å²) in [5, 5.41) is 57.7. The Morgan fingerprint density at radius 1 is 0.830 bits per heavy atom. The van der Waals surface area contributed by atoms with Crippen LogP contribution in [0.2, 0.25) is 0 Å². The van der Waals surface area contributed by atoms with E-state index < -0.39 is 70.2 Å². The maximum absolute atomic E-state index is 12.9. The van der Waals surface area contributed by atoms with Crippen molar-refractivity contribution in [1.29, 1.82) is 0 Å². The number of Topliss-reactive ketones (excluding diaryl/α,β-unsaturated/α-hetero) is 1. The van der Waals surface area contributed by atoms with Gasteiger partial charge in [0.1, 0.15) is 46.5 Å². The number of hydrogen-bond acceptors (Lipinski definition) is 14. The third-order valence-corrected chi connectivity index (χ3v) is 7.67. The number of ketones is 1. The molecule has 5 rings (SSSR count). The van der Waals surface area contributed by atoms with Crippen molar-refractivity contribution in [2.24, 2.45) is 0 Å². The molecule has 0 amide bonds. The number of carbonyl (C=O) groups is 6. The lowest BCUT2D eigenvalue weighted by Gasteiger charge is -2.18. The SMILES string of the molecule is COc1ccc(CC(=O)c2ccc(O)cc2O)cc1.Cc1cc(O)c(C=O)c2c1C(=O)Oc1c(COC(=O)C=CC(=O)O)c(O)c(C(=O)O)c(C)c1O2. The largest absolute Gasteiger partial charge is 0.508 e. The number of ether oxygens (including phenoxy) is 4. The average Bonchev–Trinajstić information content (AvgIpc) is 3.24. The van der Waals surface area contributed by atoms with E-state index in [4.69, 9.17) is 24.1 Å². The van der Waals surface area contributed by atoms with Crippen molar-refractivity contribution in [2.75, 3.05) is 7.11 Å². The number of aryl methyl sites for hydroxylation is 1. The van der Waals surface area contributed by atoms with Gasteiger partial charge in [-0.1, -0.05) is 12.1 Å². The lowest BCUT2D eigenvalue weighted by Crippen LogP contribution is -2.13. The Kier molecular flexibility index (Phi) is 11.7. The normalized spacial score (nSPS) is 11.4. The third-order valence-electron chi connectivity index (χ3n) is 7.67. The van der Waals surface area contributed by atoms with Gasteiger partial charge in [0.25, 0.3) is 0 Å². The summed E-state index contributed by atoms with van der Waals surface area (Å²) in [5.74, 6) is -7.67. The van der Waals surface area contributed by atoms with E-state index in [2.05, 4.69) is 0 Å². The number of aromatic carboxylic acids is 1. The zero-order chi connectivity index (χ0) is 39.1. The zero-order valence-electron chi connectivity index (χ0n) is 28.0. The monoisotopic (exact) mass is 730 g/mol. The number of methoxy groups -OCH3 is 1. The van der Waals surface area contributed by atoms with Gasteiger partial charge in [-0.25, -0.2) is 19.2 Å². The summed E-state index contributed by atoms with van der Waals surface area (Å²) in [6, 6.07) is 12.2. The lowest BCUT2D eigenvalue weighted by molar-refractivity contribution is -0.139. The van der Waals surface area contributed by atoms with Crippen LogP contribution in [0.15, 0.2) is 60.7 Å². The lowest BCUT2D eigenvalue weighted by atomic mass is 10.0. The van der Waals surface area contributed by atoms with Gasteiger partial charge in [0.05, 0.1) is 23.8 Å². The van der Waals surface area contributed by atoms with Crippen LogP contribution in [0.1, 0.15) is 63.7 Å². The number of carboxylic acid groups (broad SMARTS) is 2. The summed E-state index contributed by atoms with van der Waals surface area (Å²) in [7, 11) is 1.58. The minimum atomic E-state index is -1.60. The molecule has 6 N–H and O–H groups in total. The molecule has 0 spiro atoms. The van der Waals surface area contributed by atoms with Gasteiger partial charge in [-0.2, -0.15) is 0 Å². The van der Waals surface area contributed by atoms with Crippen molar-refractivity contribution in [3.05, 3.63) is 105 Å². The molecule has 0 radical (unpaired) electrons. The Morgan fingerprint density at radius 3 is 2.09 bits per heavy atom. The van der Waals surface area contributed by atoms with Crippen LogP contribution in [0, 0.1) is 13.8 Å². The molecule has 0 saturated heterocycles. The molecule has 0 fully saturated rings. The number of aldehydes is 1. The van der Waals surface area contributed by atoms with E-state index in [0.29, 0.717) is 12.2 Å². The first-order valence-corrected chi connectivity index (χ1v) is 15.2. The Balaban J connectivity index is 0.000000278. The first kappa shape index (κ1) is 38.4. The first-order valence-electron chi connectivity index (χ1n) is 15.2. The van der Waals surface area contributed by atoms with E-state index >= 15 is 0 Å². The predicted octanol–water partition coefficient (Wildman–Crippen LogP) is 4.77. The number of hydrogen-bond donors (Lipinski definition) is 6. The molecular weight excluding hydrogens is 700 g/mol. The van der Waals surface area contributed by atoms with Gasteiger partial charge in [0.15, 0.2) is 29.3 Å². The molecule has 1 aliphatic heterocycles. The summed E-state index contributed by atoms with van der Waals surface area (Å²) in [5.41, 5.74) is -0.768. The minimum absolute atomic E-state index is 0.0708. The first-order chi connectivity index (χ1) is 25.1. The van der Waals surface area contributed by atoms with Gasteiger partial charge in [0, 0.05) is 30.2 Å². The van der Waals surface area contributed by atoms with Crippen molar-refractivity contribution >= 4 is 35.9 Å². The maximum Gasteiger partial charge on any atom is 0.347 e. The molecular formula is C37H30O16. The molecule has 0 bridgehead atoms. The number of fused-ring (bicyclic) bond motifs is 2. The minimum Gasteiger partial charge on any atom is -0.508 e. The van der Waals surface area contributed by atoms with Crippen LogP contribution in [-0.2, 0) is 27.4 Å². The van der Waals surface area contributed by atoms with E-state index in [0.717, 1.165) is 23.4 Å². The molecule has 274 valence electrons. The second-order valence-electron chi connectivity index (χ2n) is 11.2. The fraction of sp³-hybridized carbons (Fsp3) is 0.135. The summed E-state index contributed by atoms with van der Waals surface area (Å²) in [6.45, 7) is 1.83. The van der Waals surface area contributed by atoms with Crippen molar-refractivity contribution in [2.45, 2.75) is 26.9 Å². The number of carboxylic acids is 2. The topological polar surface area (TPSA) is 261 Å². The predicted molar refractivity (Wildman–Crippen MR) is 180 cm³/mol. The number of aliphatic carboxylic acids is 1. The maximum atomic E-state index is 12.9. The van der Waals surface area contributed by atoms with E-state index in [1.54, 1.807) is 31.4 Å². The van der Waals surface area contributed by atoms with Gasteiger partial charge < -0.3 is 49.6 Å². The smallest absolute Gasteiger partial charge is 0.347 e. The van der Waals surface area contributed by atoms with Crippen LogP contribution in [0.25, 0.3) is 0 Å². The summed E-state index contributed by atoms with van der Waals surface area (Å²) in [6.07, 6.45) is 1.49. The van der Waals surface area contributed by atoms with Gasteiger partial charge in [-0.3, -0.25) is 9.59 Å². The summed E-state index contributed by atoms with van der Waals surface area (Å²) >= 11 is 0. The highest BCUT2D eigenvalue weighted by Crippen LogP contribution is 2.50. The molecule has 0 saturated carbocycles. The molecule has 4 aromatic rings. The van der Waals surface area contributed by atoms with E-state index in [-0.39, 0.29) is 58.0 Å². The standard InChI is InChI=1S/C22H16O12.C15H14O4/c1-8-5-12(24)10(6-23)19-15(8)22(31)34-20-11(7-32-14(27)4-3-13(25)26)17(28)16(21(29)30)9(2)18(20)33-19;1-19-12-5-2-10(3-6-12)8-14(17)13-7-4-11(16)9-15(13)18/h3-6,24,28H,7H2,1-2H3,(H,25,26)(H,29,30);2-7,9,16,18H,8H2,1H3. The van der Waals surface area contributed by atoms with Crippen LogP contribution < -0.4 is 14.2 Å². The van der Waals surface area contributed by atoms with Crippen molar-refractivity contribution < 1.29 is 78.4 Å². The number of rotatable bonds is 10.